The lowest BCUT2D eigenvalue weighted by Crippen LogP contribution is -2.06. The number of rotatable bonds is 2. The zero-order chi connectivity index (χ0) is 14.2. The van der Waals surface area contributed by atoms with Gasteiger partial charge in [0.15, 0.2) is 0 Å². The normalized spacial score (nSPS) is 11.5. The summed E-state index contributed by atoms with van der Waals surface area (Å²) in [5.41, 5.74) is 0.271. The molecule has 0 aromatic heterocycles. The van der Waals surface area contributed by atoms with Crippen LogP contribution in [0, 0.1) is 0 Å². The molecule has 0 heterocycles. The summed E-state index contributed by atoms with van der Waals surface area (Å²) in [5, 5.41) is 13.2. The summed E-state index contributed by atoms with van der Waals surface area (Å²) in [6.45, 7) is 1.29. The highest BCUT2D eigenvalue weighted by Crippen LogP contribution is 2.36. The largest absolute Gasteiger partial charge is 0.506 e. The molecule has 2 aromatic carbocycles. The van der Waals surface area contributed by atoms with Gasteiger partial charge in [-0.3, -0.25) is 9.35 Å². The number of carbonyl (C=O) groups is 1. The van der Waals surface area contributed by atoms with Gasteiger partial charge in [0.05, 0.1) is 5.69 Å². The van der Waals surface area contributed by atoms with E-state index in [1.165, 1.54) is 19.1 Å². The summed E-state index contributed by atoms with van der Waals surface area (Å²) in [7, 11) is -4.53. The highest BCUT2D eigenvalue weighted by molar-refractivity contribution is 7.86. The number of phenolic OH excluding ortho intramolecular Hbond substituents is 1. The Kier molecular flexibility index (Phi) is 3.17. The first-order valence-corrected chi connectivity index (χ1v) is 6.74. The van der Waals surface area contributed by atoms with Crippen LogP contribution in [-0.2, 0) is 14.9 Å². The second-order valence-electron chi connectivity index (χ2n) is 3.97. The molecule has 0 unspecified atom stereocenters. The van der Waals surface area contributed by atoms with Crippen molar-refractivity contribution in [3.05, 3.63) is 30.3 Å². The predicted octanol–water partition coefficient (Wildman–Crippen LogP) is 1.75. The van der Waals surface area contributed by atoms with Gasteiger partial charge in [-0.1, -0.05) is 18.2 Å². The maximum Gasteiger partial charge on any atom is 0.298 e. The van der Waals surface area contributed by atoms with Crippen molar-refractivity contribution in [2.24, 2.45) is 0 Å². The third-order valence-electron chi connectivity index (χ3n) is 2.57. The Morgan fingerprint density at radius 3 is 2.47 bits per heavy atom. The van der Waals surface area contributed by atoms with Crippen molar-refractivity contribution in [1.29, 1.82) is 0 Å². The summed E-state index contributed by atoms with van der Waals surface area (Å²) in [5.74, 6) is -0.950. The molecule has 3 N–H and O–H groups in total. The third kappa shape index (κ3) is 2.51. The smallest absolute Gasteiger partial charge is 0.298 e. The van der Waals surface area contributed by atoms with Crippen LogP contribution in [0.2, 0.25) is 0 Å². The Hall–Kier alpha value is -2.12. The molecule has 0 aliphatic heterocycles. The Bertz CT molecular complexity index is 767. The second-order valence-corrected chi connectivity index (χ2v) is 5.36. The monoisotopic (exact) mass is 281 g/mol. The number of phenols is 1. The molecular formula is C12H11NO5S. The van der Waals surface area contributed by atoms with Gasteiger partial charge in [-0.15, -0.1) is 0 Å². The van der Waals surface area contributed by atoms with E-state index in [1.807, 2.05) is 0 Å². The van der Waals surface area contributed by atoms with Gasteiger partial charge < -0.3 is 10.4 Å². The van der Waals surface area contributed by atoms with Gasteiger partial charge in [0.2, 0.25) is 5.91 Å². The van der Waals surface area contributed by atoms with Crippen molar-refractivity contribution in [2.45, 2.75) is 11.8 Å². The van der Waals surface area contributed by atoms with Crippen LogP contribution in [0.15, 0.2) is 35.2 Å². The minimum atomic E-state index is -4.53. The number of anilines is 1. The Balaban J connectivity index is 2.83. The SMILES string of the molecule is CC(=O)Nc1cccc2ccc(S(=O)(=O)O)c(O)c12. The molecule has 0 radical (unpaired) electrons. The van der Waals surface area contributed by atoms with Crippen LogP contribution >= 0.6 is 0 Å². The average Bonchev–Trinajstić information content (AvgIpc) is 2.26. The molecule has 2 rings (SSSR count). The fraction of sp³-hybridized carbons (Fsp3) is 0.0833. The van der Waals surface area contributed by atoms with Gasteiger partial charge in [0.1, 0.15) is 10.6 Å². The molecule has 7 heteroatoms. The summed E-state index contributed by atoms with van der Waals surface area (Å²) in [4.78, 5) is 10.5. The van der Waals surface area contributed by atoms with Gasteiger partial charge in [-0.05, 0) is 17.5 Å². The van der Waals surface area contributed by atoms with E-state index in [9.17, 15) is 18.3 Å². The van der Waals surface area contributed by atoms with E-state index >= 15 is 0 Å². The molecule has 2 aromatic rings. The van der Waals surface area contributed by atoms with E-state index < -0.39 is 20.8 Å². The van der Waals surface area contributed by atoms with E-state index in [1.54, 1.807) is 12.1 Å². The molecule has 19 heavy (non-hydrogen) atoms. The highest BCUT2D eigenvalue weighted by atomic mass is 32.2. The first-order chi connectivity index (χ1) is 8.80. The van der Waals surface area contributed by atoms with Crippen LogP contribution in [0.1, 0.15) is 6.92 Å². The summed E-state index contributed by atoms with van der Waals surface area (Å²) < 4.78 is 31.3. The second kappa shape index (κ2) is 4.52. The number of hydrogen-bond donors (Lipinski definition) is 3. The first kappa shape index (κ1) is 13.3. The maximum atomic E-state index is 11.1. The van der Waals surface area contributed by atoms with Crippen LogP contribution in [0.25, 0.3) is 10.8 Å². The van der Waals surface area contributed by atoms with Gasteiger partial charge in [-0.2, -0.15) is 8.42 Å². The molecule has 0 bridgehead atoms. The molecule has 6 nitrogen and oxygen atoms in total. The minimum Gasteiger partial charge on any atom is -0.506 e. The summed E-state index contributed by atoms with van der Waals surface area (Å²) >= 11 is 0. The zero-order valence-corrected chi connectivity index (χ0v) is 10.7. The Morgan fingerprint density at radius 1 is 1.21 bits per heavy atom. The molecule has 0 atom stereocenters. The van der Waals surface area contributed by atoms with Crippen molar-refractivity contribution in [3.8, 4) is 5.75 Å². The van der Waals surface area contributed by atoms with Crippen LogP contribution < -0.4 is 5.32 Å². The Labute approximate surface area is 109 Å². The van der Waals surface area contributed by atoms with Gasteiger partial charge >= 0.3 is 0 Å². The molecule has 0 aliphatic carbocycles. The van der Waals surface area contributed by atoms with E-state index in [0.29, 0.717) is 5.39 Å². The number of hydrogen-bond acceptors (Lipinski definition) is 4. The third-order valence-corrected chi connectivity index (χ3v) is 3.46. The number of nitrogens with one attached hydrogen (secondary N) is 1. The molecular weight excluding hydrogens is 270 g/mol. The van der Waals surface area contributed by atoms with E-state index in [-0.39, 0.29) is 17.0 Å². The van der Waals surface area contributed by atoms with Crippen molar-refractivity contribution >= 4 is 32.5 Å². The molecule has 1 amide bonds. The highest BCUT2D eigenvalue weighted by Gasteiger charge is 2.19. The van der Waals surface area contributed by atoms with Crippen molar-refractivity contribution in [2.75, 3.05) is 5.32 Å². The molecule has 100 valence electrons. The van der Waals surface area contributed by atoms with Gasteiger partial charge in [0.25, 0.3) is 10.1 Å². The van der Waals surface area contributed by atoms with Crippen LogP contribution in [0.4, 0.5) is 5.69 Å². The molecule has 0 spiro atoms. The van der Waals surface area contributed by atoms with Crippen LogP contribution in [-0.4, -0.2) is 24.0 Å². The Morgan fingerprint density at radius 2 is 1.89 bits per heavy atom. The first-order valence-electron chi connectivity index (χ1n) is 5.30. The average molecular weight is 281 g/mol. The number of aromatic hydroxyl groups is 1. The summed E-state index contributed by atoms with van der Waals surface area (Å²) in [6.07, 6.45) is 0. The number of amides is 1. The van der Waals surface area contributed by atoms with E-state index in [0.717, 1.165) is 6.07 Å². The number of fused-ring (bicyclic) bond motifs is 1. The fourth-order valence-electron chi connectivity index (χ4n) is 1.84. The molecule has 0 aliphatic rings. The topological polar surface area (TPSA) is 104 Å². The number of carbonyl (C=O) groups excluding carboxylic acids is 1. The van der Waals surface area contributed by atoms with Crippen LogP contribution in [0.3, 0.4) is 0 Å². The van der Waals surface area contributed by atoms with Crippen molar-refractivity contribution < 1.29 is 22.9 Å². The lowest BCUT2D eigenvalue weighted by Gasteiger charge is -2.10. The molecule has 0 saturated carbocycles. The van der Waals surface area contributed by atoms with E-state index in [4.69, 9.17) is 4.55 Å². The quantitative estimate of drug-likeness (QED) is 0.727. The van der Waals surface area contributed by atoms with Crippen molar-refractivity contribution in [3.63, 3.8) is 0 Å². The molecule has 0 fully saturated rings. The lowest BCUT2D eigenvalue weighted by atomic mass is 10.1. The van der Waals surface area contributed by atoms with Crippen LogP contribution in [0.5, 0.6) is 5.75 Å². The number of benzene rings is 2. The molecule has 0 saturated heterocycles. The van der Waals surface area contributed by atoms with Gasteiger partial charge in [0, 0.05) is 12.3 Å². The van der Waals surface area contributed by atoms with E-state index in [2.05, 4.69) is 5.32 Å². The van der Waals surface area contributed by atoms with Crippen molar-refractivity contribution in [1.82, 2.24) is 0 Å². The maximum absolute atomic E-state index is 11.1. The minimum absolute atomic E-state index is 0.160. The fourth-order valence-corrected chi connectivity index (χ4v) is 2.43. The predicted molar refractivity (Wildman–Crippen MR) is 69.7 cm³/mol. The van der Waals surface area contributed by atoms with Gasteiger partial charge in [-0.25, -0.2) is 0 Å². The lowest BCUT2D eigenvalue weighted by molar-refractivity contribution is -0.114. The standard InChI is InChI=1S/C12H11NO5S/c1-7(14)13-9-4-2-3-8-5-6-10(19(16,17)18)12(15)11(8)9/h2-6,15H,1H3,(H,13,14)(H,16,17,18). The zero-order valence-electron chi connectivity index (χ0n) is 9.91. The summed E-state index contributed by atoms with van der Waals surface area (Å²) in [6, 6.07) is 7.36.